The van der Waals surface area contributed by atoms with E-state index < -0.39 is 26.8 Å². The number of fused-ring (bicyclic) bond motifs is 3. The van der Waals surface area contributed by atoms with Crippen LogP contribution in [0.15, 0.2) is 48.6 Å². The van der Waals surface area contributed by atoms with E-state index in [1.165, 1.54) is 5.56 Å². The minimum absolute atomic E-state index is 0.218. The van der Waals surface area contributed by atoms with Crippen molar-refractivity contribution in [1.29, 1.82) is 0 Å². The molecule has 4 aliphatic heterocycles. The summed E-state index contributed by atoms with van der Waals surface area (Å²) in [6.07, 6.45) is 12.2. The molecule has 0 unspecified atom stereocenters. The summed E-state index contributed by atoms with van der Waals surface area (Å²) in [4.78, 5) is 21.2. The fourth-order valence-electron chi connectivity index (χ4n) is 9.37. The highest BCUT2D eigenvalue weighted by Crippen LogP contribution is 2.47. The number of carbonyl (C=O) groups excluding carboxylic acids is 1. The highest BCUT2D eigenvalue weighted by Gasteiger charge is 2.48. The van der Waals surface area contributed by atoms with Crippen LogP contribution in [0.2, 0.25) is 5.02 Å². The zero-order chi connectivity index (χ0) is 37.9. The number of hydrogen-bond donors (Lipinski definition) is 1. The third-order valence-electron chi connectivity index (χ3n) is 13.1. The number of carbonyl (C=O) groups is 1. The first-order chi connectivity index (χ1) is 26.0. The molecule has 5 aliphatic rings. The number of likely N-dealkylation sites (tertiary alicyclic amines) is 1. The molecular weight excluding hydrogens is 724 g/mol. The van der Waals surface area contributed by atoms with Crippen molar-refractivity contribution in [2.24, 2.45) is 17.8 Å². The van der Waals surface area contributed by atoms with Crippen LogP contribution in [0.3, 0.4) is 0 Å². The zero-order valence-electron chi connectivity index (χ0n) is 32.3. The molecule has 54 heavy (non-hydrogen) atoms. The average Bonchev–Trinajstić information content (AvgIpc) is 3.19. The largest absolute Gasteiger partial charge is 0.487 e. The number of methoxy groups -OCH3 is 1. The van der Waals surface area contributed by atoms with Crippen LogP contribution < -0.4 is 14.4 Å². The lowest BCUT2D eigenvalue weighted by Gasteiger charge is -2.52. The van der Waals surface area contributed by atoms with Gasteiger partial charge in [0.25, 0.3) is 5.91 Å². The number of hydrogen-bond acceptors (Lipinski definition) is 9. The van der Waals surface area contributed by atoms with Crippen molar-refractivity contribution >= 4 is 33.2 Å². The summed E-state index contributed by atoms with van der Waals surface area (Å²) in [6.45, 7) is 12.1. The molecule has 2 aromatic rings. The molecule has 0 spiro atoms. The fourth-order valence-corrected chi connectivity index (χ4v) is 10.8. The molecule has 0 aromatic heterocycles. The Kier molecular flexibility index (Phi) is 12.6. The number of amides is 1. The number of rotatable bonds is 4. The van der Waals surface area contributed by atoms with Crippen molar-refractivity contribution in [3.05, 3.63) is 70.3 Å². The van der Waals surface area contributed by atoms with Crippen LogP contribution in [0.25, 0.3) is 0 Å². The number of anilines is 1. The second kappa shape index (κ2) is 17.2. The Bertz CT molecular complexity index is 1760. The van der Waals surface area contributed by atoms with Gasteiger partial charge in [-0.1, -0.05) is 36.7 Å². The maximum Gasteiger partial charge on any atom is 0.264 e. The molecule has 7 rings (SSSR count). The van der Waals surface area contributed by atoms with Gasteiger partial charge in [0.1, 0.15) is 18.0 Å². The molecule has 1 saturated carbocycles. The molecule has 296 valence electrons. The lowest BCUT2D eigenvalue weighted by atomic mass is 9.63. The van der Waals surface area contributed by atoms with Crippen molar-refractivity contribution < 1.29 is 27.4 Å². The van der Waals surface area contributed by atoms with Crippen LogP contribution in [0, 0.1) is 17.8 Å². The van der Waals surface area contributed by atoms with E-state index in [4.69, 9.17) is 25.8 Å². The van der Waals surface area contributed by atoms with Gasteiger partial charge in [0, 0.05) is 56.5 Å². The second-order valence-electron chi connectivity index (χ2n) is 16.3. The van der Waals surface area contributed by atoms with Crippen LogP contribution in [0.5, 0.6) is 5.75 Å². The normalized spacial score (nSPS) is 31.1. The van der Waals surface area contributed by atoms with Gasteiger partial charge in [-0.15, -0.1) is 0 Å². The minimum Gasteiger partial charge on any atom is -0.487 e. The Morgan fingerprint density at radius 3 is 2.50 bits per heavy atom. The summed E-state index contributed by atoms with van der Waals surface area (Å²) in [7, 11) is -2.10. The number of nitrogens with zero attached hydrogens (tertiary/aromatic N) is 3. The van der Waals surface area contributed by atoms with Gasteiger partial charge >= 0.3 is 0 Å². The quantitative estimate of drug-likeness (QED) is 0.358. The van der Waals surface area contributed by atoms with Gasteiger partial charge in [-0.05, 0) is 131 Å². The molecule has 1 aliphatic carbocycles. The first-order valence-electron chi connectivity index (χ1n) is 20.2. The molecule has 0 radical (unpaired) electrons. The van der Waals surface area contributed by atoms with Gasteiger partial charge in [-0.2, -0.15) is 0 Å². The number of morpholine rings is 1. The number of halogens is 1. The number of nitrogens with one attached hydrogen (secondary N) is 1. The number of piperidine rings is 1. The van der Waals surface area contributed by atoms with E-state index in [9.17, 15) is 13.2 Å². The Labute approximate surface area is 327 Å². The Hall–Kier alpha value is -2.67. The van der Waals surface area contributed by atoms with Crippen LogP contribution in [-0.2, 0) is 32.5 Å². The van der Waals surface area contributed by atoms with Gasteiger partial charge in [0.15, 0.2) is 0 Å². The Balaban J connectivity index is 1.21. The van der Waals surface area contributed by atoms with Crippen molar-refractivity contribution in [2.75, 3.05) is 71.0 Å². The second-order valence-corrected chi connectivity index (χ2v) is 18.8. The van der Waals surface area contributed by atoms with Gasteiger partial charge in [0.2, 0.25) is 10.0 Å². The first kappa shape index (κ1) is 39.6. The zero-order valence-corrected chi connectivity index (χ0v) is 33.9. The molecule has 10 nitrogen and oxygen atoms in total. The topological polar surface area (TPSA) is 101 Å². The van der Waals surface area contributed by atoms with Gasteiger partial charge < -0.3 is 24.0 Å². The van der Waals surface area contributed by atoms with Crippen molar-refractivity contribution in [3.63, 3.8) is 0 Å². The predicted octanol–water partition coefficient (Wildman–Crippen LogP) is 6.31. The molecular formula is C42H59ClN4O6S. The van der Waals surface area contributed by atoms with Crippen LogP contribution >= 0.6 is 11.6 Å². The standard InChI is InChI=1S/C42H59ClN4O6S/c1-30-7-6-17-42(51-3,29-45-19-15-37(16-20-45)46-21-23-52-24-22-46)38-13-10-34(38)27-47-18-5-4-8-32-25-36(43)12-9-35(32)28-53-40-14-11-33(26-39(40)47)41(48)44-54(49,50)31(30)2/h6,9,11-12,14,17,25-26,30-31,34,37-38H,4-5,7-8,10,13,15-16,18-24,27-29H2,1-3H3,(H,44,48)/b17-6+/t30-,31+,34-,38+,42+/m0/s1. The average molecular weight is 783 g/mol. The third kappa shape index (κ3) is 8.82. The summed E-state index contributed by atoms with van der Waals surface area (Å²) in [5.74, 6) is 0.477. The molecule has 1 amide bonds. The van der Waals surface area contributed by atoms with Gasteiger partial charge in [-0.25, -0.2) is 13.1 Å². The minimum atomic E-state index is -3.96. The molecule has 2 saturated heterocycles. The maximum absolute atomic E-state index is 13.6. The molecule has 2 bridgehead atoms. The Morgan fingerprint density at radius 2 is 1.76 bits per heavy atom. The fraction of sp³-hybridized carbons (Fsp3) is 0.643. The SMILES string of the molecule is CO[C@@]1(CN2CCC(N3CCOCC3)CC2)/C=C/C[C@H](C)[C@@H](C)S(=O)(=O)NC(=O)c2ccc3c(c2)N(CCCCc2cc(Cl)ccc2CO3)C[C@@H]2CC[C@H]21. The number of ether oxygens (including phenoxy) is 3. The van der Waals surface area contributed by atoms with Crippen molar-refractivity contribution in [1.82, 2.24) is 14.5 Å². The lowest BCUT2D eigenvalue weighted by molar-refractivity contribution is -0.0961. The predicted molar refractivity (Wildman–Crippen MR) is 214 cm³/mol. The highest BCUT2D eigenvalue weighted by atomic mass is 35.5. The van der Waals surface area contributed by atoms with Crippen LogP contribution in [0.1, 0.15) is 80.3 Å². The molecule has 4 heterocycles. The monoisotopic (exact) mass is 782 g/mol. The van der Waals surface area contributed by atoms with E-state index >= 15 is 0 Å². The maximum atomic E-state index is 13.6. The summed E-state index contributed by atoms with van der Waals surface area (Å²) in [6, 6.07) is 11.9. The highest BCUT2D eigenvalue weighted by molar-refractivity contribution is 7.90. The Morgan fingerprint density at radius 1 is 0.963 bits per heavy atom. The number of sulfonamides is 1. The molecule has 2 aromatic carbocycles. The van der Waals surface area contributed by atoms with E-state index in [1.807, 2.05) is 44.4 Å². The van der Waals surface area contributed by atoms with E-state index in [0.717, 1.165) is 120 Å². The summed E-state index contributed by atoms with van der Waals surface area (Å²) < 4.78 is 48.5. The number of benzene rings is 2. The third-order valence-corrected chi connectivity index (χ3v) is 15.3. The molecule has 3 fully saturated rings. The summed E-state index contributed by atoms with van der Waals surface area (Å²) in [5, 5.41) is -0.0579. The lowest BCUT2D eigenvalue weighted by Crippen LogP contribution is -2.58. The number of allylic oxidation sites excluding steroid dienone is 1. The van der Waals surface area contributed by atoms with Gasteiger partial charge in [-0.3, -0.25) is 9.69 Å². The first-order valence-corrected chi connectivity index (χ1v) is 22.1. The molecule has 1 N–H and O–H groups in total. The van der Waals surface area contributed by atoms with E-state index in [0.29, 0.717) is 36.3 Å². The summed E-state index contributed by atoms with van der Waals surface area (Å²) in [5.41, 5.74) is 2.89. The van der Waals surface area contributed by atoms with Crippen LogP contribution in [0.4, 0.5) is 5.69 Å². The van der Waals surface area contributed by atoms with Crippen molar-refractivity contribution in [2.45, 2.75) is 88.7 Å². The van der Waals surface area contributed by atoms with Crippen LogP contribution in [-0.4, -0.2) is 107 Å². The van der Waals surface area contributed by atoms with E-state index in [2.05, 4.69) is 31.6 Å². The smallest absolute Gasteiger partial charge is 0.264 e. The number of aryl methyl sites for hydroxylation is 1. The molecule has 5 atom stereocenters. The molecule has 12 heteroatoms. The van der Waals surface area contributed by atoms with Crippen molar-refractivity contribution in [3.8, 4) is 5.75 Å². The van der Waals surface area contributed by atoms with Gasteiger partial charge in [0.05, 0.1) is 24.2 Å². The van der Waals surface area contributed by atoms with E-state index in [-0.39, 0.29) is 11.8 Å². The summed E-state index contributed by atoms with van der Waals surface area (Å²) >= 11 is 6.42. The van der Waals surface area contributed by atoms with E-state index in [1.54, 1.807) is 13.0 Å².